The molecule has 0 amide bonds. The molecule has 0 rings (SSSR count). The lowest BCUT2D eigenvalue weighted by atomic mass is 9.91. The van der Waals surface area contributed by atoms with Crippen LogP contribution in [0.4, 0.5) is 26.3 Å². The van der Waals surface area contributed by atoms with Crippen molar-refractivity contribution in [1.29, 1.82) is 0 Å². The van der Waals surface area contributed by atoms with Gasteiger partial charge in [-0.15, -0.1) is 0 Å². The third-order valence-electron chi connectivity index (χ3n) is 3.93. The van der Waals surface area contributed by atoms with Gasteiger partial charge in [0.15, 0.2) is 5.78 Å². The number of alkyl halides is 6. The Balaban J connectivity index is 4.51. The van der Waals surface area contributed by atoms with Gasteiger partial charge in [-0.25, -0.2) is 17.6 Å². The van der Waals surface area contributed by atoms with E-state index in [9.17, 15) is 40.7 Å². The molecule has 11 heteroatoms. The van der Waals surface area contributed by atoms with Gasteiger partial charge in [-0.1, -0.05) is 6.92 Å². The van der Waals surface area contributed by atoms with Gasteiger partial charge in [-0.3, -0.25) is 14.4 Å². The molecule has 0 aromatic rings. The van der Waals surface area contributed by atoms with Gasteiger partial charge in [0, 0.05) is 6.92 Å². The summed E-state index contributed by atoms with van der Waals surface area (Å²) in [6.45, 7) is 4.33. The molecular weight excluding hydrogens is 398 g/mol. The molecule has 0 aliphatic carbocycles. The van der Waals surface area contributed by atoms with E-state index in [1.807, 2.05) is 0 Å². The predicted octanol–water partition coefficient (Wildman–Crippen LogP) is 4.17. The van der Waals surface area contributed by atoms with Crippen molar-refractivity contribution in [2.45, 2.75) is 71.1 Å². The van der Waals surface area contributed by atoms with Crippen molar-refractivity contribution in [1.82, 2.24) is 0 Å². The first-order chi connectivity index (χ1) is 12.4. The van der Waals surface area contributed by atoms with E-state index in [0.717, 1.165) is 0 Å². The summed E-state index contributed by atoms with van der Waals surface area (Å²) in [5.41, 5.74) is -0.787. The largest absolute Gasteiger partial charge is 0.462 e. The molecule has 0 fully saturated rings. The van der Waals surface area contributed by atoms with Gasteiger partial charge in [0.2, 0.25) is 0 Å². The first-order valence-corrected chi connectivity index (χ1v) is 8.41. The number of ether oxygens (including phenoxy) is 2. The minimum atomic E-state index is -4.58. The lowest BCUT2D eigenvalue weighted by Gasteiger charge is -2.25. The van der Waals surface area contributed by atoms with Crippen LogP contribution in [-0.2, 0) is 23.9 Å². The van der Waals surface area contributed by atoms with Gasteiger partial charge < -0.3 is 9.47 Å². The van der Waals surface area contributed by atoms with E-state index >= 15 is 0 Å². The molecule has 0 heterocycles. The van der Waals surface area contributed by atoms with E-state index in [1.54, 1.807) is 20.8 Å². The van der Waals surface area contributed by atoms with Gasteiger partial charge in [0.05, 0.1) is 18.3 Å². The maximum atomic E-state index is 13.6. The lowest BCUT2D eigenvalue weighted by Crippen LogP contribution is -2.39. The number of hydrogen-bond acceptors (Lipinski definition) is 5. The fourth-order valence-corrected chi connectivity index (χ4v) is 1.84. The maximum absolute atomic E-state index is 13.6. The summed E-state index contributed by atoms with van der Waals surface area (Å²) < 4.78 is 89.4. The molecule has 0 aromatic heterocycles. The van der Waals surface area contributed by atoms with Crippen molar-refractivity contribution in [3.63, 3.8) is 0 Å². The van der Waals surface area contributed by atoms with E-state index in [-0.39, 0.29) is 0 Å². The fraction of sp³-hybridized carbons (Fsp3) is 0.824. The molecule has 0 aliphatic heterocycles. The monoisotopic (exact) mass is 422 g/mol. The van der Waals surface area contributed by atoms with Crippen molar-refractivity contribution in [2.24, 2.45) is 5.41 Å². The Morgan fingerprint density at radius 3 is 1.79 bits per heavy atom. The Bertz CT molecular complexity index is 574. The van der Waals surface area contributed by atoms with Gasteiger partial charge in [-0.2, -0.15) is 8.78 Å². The zero-order valence-electron chi connectivity index (χ0n) is 16.1. The number of rotatable bonds is 12. The molecule has 0 aromatic carbocycles. The maximum Gasteiger partial charge on any atom is 0.312 e. The van der Waals surface area contributed by atoms with Gasteiger partial charge in [0.1, 0.15) is 19.6 Å². The highest BCUT2D eigenvalue weighted by Crippen LogP contribution is 2.40. The molecular formula is C17H24F6O5. The molecule has 0 unspecified atom stereocenters. The molecule has 28 heavy (non-hydrogen) atoms. The van der Waals surface area contributed by atoms with Crippen LogP contribution in [0, 0.1) is 5.41 Å². The second-order valence-electron chi connectivity index (χ2n) is 7.10. The number of Topliss-reactive ketones (excluding diaryl/α,β-unsaturated/α-hetero) is 1. The quantitative estimate of drug-likeness (QED) is 0.268. The van der Waals surface area contributed by atoms with Crippen LogP contribution in [0.3, 0.4) is 0 Å². The zero-order valence-corrected chi connectivity index (χ0v) is 16.1. The number of halogens is 6. The highest BCUT2D eigenvalue weighted by atomic mass is 19.3. The average molecular weight is 422 g/mol. The molecule has 0 atom stereocenters. The highest BCUT2D eigenvalue weighted by molar-refractivity contribution is 5.83. The number of esters is 2. The molecule has 0 saturated carbocycles. The van der Waals surface area contributed by atoms with Crippen molar-refractivity contribution < 1.29 is 50.2 Å². The number of carbonyl (C=O) groups is 3. The summed E-state index contributed by atoms with van der Waals surface area (Å²) >= 11 is 0. The third kappa shape index (κ3) is 9.41. The second kappa shape index (κ2) is 9.60. The van der Waals surface area contributed by atoms with E-state index in [2.05, 4.69) is 4.74 Å². The average Bonchev–Trinajstić information content (AvgIpc) is 2.47. The zero-order chi connectivity index (χ0) is 22.4. The number of hydrogen-bond donors (Lipinski definition) is 0. The normalized spacial score (nSPS) is 13.2. The minimum Gasteiger partial charge on any atom is -0.462 e. The Morgan fingerprint density at radius 2 is 1.32 bits per heavy atom. The summed E-state index contributed by atoms with van der Waals surface area (Å²) in [7, 11) is 0. The van der Waals surface area contributed by atoms with E-state index in [4.69, 9.17) is 4.74 Å². The van der Waals surface area contributed by atoms with Crippen molar-refractivity contribution in [3.8, 4) is 0 Å². The molecule has 5 nitrogen and oxygen atoms in total. The van der Waals surface area contributed by atoms with Crippen LogP contribution in [-0.4, -0.2) is 48.7 Å². The molecule has 164 valence electrons. The second-order valence-corrected chi connectivity index (χ2v) is 7.10. The fourth-order valence-electron chi connectivity index (χ4n) is 1.84. The summed E-state index contributed by atoms with van der Waals surface area (Å²) in [4.78, 5) is 33.6. The summed E-state index contributed by atoms with van der Waals surface area (Å²) in [5, 5.41) is 0. The van der Waals surface area contributed by atoms with Crippen LogP contribution in [0.15, 0.2) is 0 Å². The lowest BCUT2D eigenvalue weighted by molar-refractivity contribution is -0.177. The molecule has 0 radical (unpaired) electrons. The minimum absolute atomic E-state index is 0.361. The van der Waals surface area contributed by atoms with Crippen molar-refractivity contribution in [2.75, 3.05) is 13.2 Å². The number of carbonyl (C=O) groups excluding carboxylic acids is 3. The third-order valence-corrected chi connectivity index (χ3v) is 3.93. The smallest absolute Gasteiger partial charge is 0.312 e. The Morgan fingerprint density at radius 1 is 0.821 bits per heavy atom. The van der Waals surface area contributed by atoms with Crippen LogP contribution >= 0.6 is 0 Å². The van der Waals surface area contributed by atoms with Crippen molar-refractivity contribution >= 4 is 17.7 Å². The van der Waals surface area contributed by atoms with E-state index < -0.39 is 73.4 Å². The Kier molecular flexibility index (Phi) is 8.98. The summed E-state index contributed by atoms with van der Waals surface area (Å²) in [6, 6.07) is 0. The topological polar surface area (TPSA) is 69.7 Å². The molecule has 0 bridgehead atoms. The van der Waals surface area contributed by atoms with Crippen LogP contribution in [0.2, 0.25) is 0 Å². The summed E-state index contributed by atoms with van der Waals surface area (Å²) in [5.74, 6) is -17.4. The standard InChI is InChI=1S/C17H24F6O5/c1-5-14(3,4)13(26)28-7-6-27-12(25)8-15(18,19)9-16(20,21)10-17(22,23)11(2)24/h5-10H2,1-4H3. The van der Waals surface area contributed by atoms with Gasteiger partial charge >= 0.3 is 17.9 Å². The number of ketones is 1. The van der Waals surface area contributed by atoms with Crippen LogP contribution in [0.5, 0.6) is 0 Å². The van der Waals surface area contributed by atoms with E-state index in [0.29, 0.717) is 13.3 Å². The SMILES string of the molecule is CCC(C)(C)C(=O)OCCOC(=O)CC(F)(F)CC(F)(F)CC(F)(F)C(C)=O. The first-order valence-electron chi connectivity index (χ1n) is 8.41. The molecule has 0 aliphatic rings. The molecule has 0 spiro atoms. The molecule has 0 saturated heterocycles. The highest BCUT2D eigenvalue weighted by Gasteiger charge is 2.52. The van der Waals surface area contributed by atoms with Crippen molar-refractivity contribution in [3.05, 3.63) is 0 Å². The van der Waals surface area contributed by atoms with Crippen LogP contribution in [0.1, 0.15) is 53.4 Å². The van der Waals surface area contributed by atoms with Gasteiger partial charge in [-0.05, 0) is 20.3 Å². The Labute approximate surface area is 158 Å². The summed E-state index contributed by atoms with van der Waals surface area (Å²) in [6.07, 6.45) is -6.04. The van der Waals surface area contributed by atoms with Crippen LogP contribution in [0.25, 0.3) is 0 Å². The van der Waals surface area contributed by atoms with E-state index in [1.165, 1.54) is 0 Å². The van der Waals surface area contributed by atoms with Gasteiger partial charge in [0.25, 0.3) is 11.8 Å². The van der Waals surface area contributed by atoms with Crippen LogP contribution < -0.4 is 0 Å². The Hall–Kier alpha value is -1.81. The first kappa shape index (κ1) is 26.2. The predicted molar refractivity (Wildman–Crippen MR) is 85.4 cm³/mol. The molecule has 0 N–H and O–H groups in total.